The van der Waals surface area contributed by atoms with Gasteiger partial charge in [0.1, 0.15) is 5.65 Å². The molecule has 3 heterocycles. The summed E-state index contributed by atoms with van der Waals surface area (Å²) in [5.41, 5.74) is 3.47. The van der Waals surface area contributed by atoms with Gasteiger partial charge >= 0.3 is 0 Å². The van der Waals surface area contributed by atoms with Crippen LogP contribution < -0.4 is 5.32 Å². The number of nitrogens with one attached hydrogen (secondary N) is 1. The predicted octanol–water partition coefficient (Wildman–Crippen LogP) is 1.83. The average Bonchev–Trinajstić information content (AvgIpc) is 2.81. The summed E-state index contributed by atoms with van der Waals surface area (Å²) in [5, 5.41) is 3.41. The summed E-state index contributed by atoms with van der Waals surface area (Å²) in [6, 6.07) is 4.89. The number of fused-ring (bicyclic) bond motifs is 1. The molecule has 0 spiro atoms. The third kappa shape index (κ3) is 2.80. The van der Waals surface area contributed by atoms with Crippen LogP contribution in [0.15, 0.2) is 24.5 Å². The van der Waals surface area contributed by atoms with Gasteiger partial charge in [0.15, 0.2) is 0 Å². The molecule has 4 nitrogen and oxygen atoms in total. The van der Waals surface area contributed by atoms with E-state index in [2.05, 4.69) is 53.1 Å². The molecule has 0 aliphatic carbocycles. The number of rotatable bonds is 3. The van der Waals surface area contributed by atoms with Crippen molar-refractivity contribution in [2.75, 3.05) is 20.1 Å². The first-order valence-corrected chi connectivity index (χ1v) is 7.07. The minimum absolute atomic E-state index is 0.688. The Kier molecular flexibility index (Phi) is 3.53. The Bertz CT molecular complexity index is 554. The van der Waals surface area contributed by atoms with Crippen LogP contribution in [0.3, 0.4) is 0 Å². The quantitative estimate of drug-likeness (QED) is 0.911. The molecule has 4 heteroatoms. The van der Waals surface area contributed by atoms with Crippen molar-refractivity contribution >= 4 is 5.65 Å². The summed E-state index contributed by atoms with van der Waals surface area (Å²) in [7, 11) is 2.21. The number of nitrogens with zero attached hydrogens (tertiary/aromatic N) is 3. The van der Waals surface area contributed by atoms with Crippen LogP contribution in [-0.4, -0.2) is 40.5 Å². The highest BCUT2D eigenvalue weighted by Gasteiger charge is 2.18. The number of hydrogen-bond acceptors (Lipinski definition) is 3. The van der Waals surface area contributed by atoms with Crippen LogP contribution in [0.1, 0.15) is 24.1 Å². The van der Waals surface area contributed by atoms with Gasteiger partial charge in [0.25, 0.3) is 0 Å². The lowest BCUT2D eigenvalue weighted by atomic mass is 10.1. The fourth-order valence-corrected chi connectivity index (χ4v) is 2.86. The van der Waals surface area contributed by atoms with E-state index in [1.165, 1.54) is 18.4 Å². The minimum atomic E-state index is 0.688. The number of aromatic nitrogens is 2. The Morgan fingerprint density at radius 2 is 2.11 bits per heavy atom. The lowest BCUT2D eigenvalue weighted by Gasteiger charge is -2.31. The van der Waals surface area contributed by atoms with Gasteiger partial charge in [0.05, 0.1) is 5.69 Å². The van der Waals surface area contributed by atoms with E-state index in [0.29, 0.717) is 6.04 Å². The SMILES string of the molecule is Cc1ccc2nc(CN(C)C3CCNCC3)cn2c1. The fourth-order valence-electron chi connectivity index (χ4n) is 2.86. The van der Waals surface area contributed by atoms with Crippen LogP contribution in [0.4, 0.5) is 0 Å². The maximum Gasteiger partial charge on any atom is 0.137 e. The lowest BCUT2D eigenvalue weighted by Crippen LogP contribution is -2.40. The van der Waals surface area contributed by atoms with Crippen molar-refractivity contribution in [3.05, 3.63) is 35.8 Å². The summed E-state index contributed by atoms with van der Waals surface area (Å²) in [4.78, 5) is 7.13. The molecule has 1 aliphatic heterocycles. The van der Waals surface area contributed by atoms with Crippen molar-refractivity contribution < 1.29 is 0 Å². The number of imidazole rings is 1. The topological polar surface area (TPSA) is 32.6 Å². The predicted molar refractivity (Wildman–Crippen MR) is 77.3 cm³/mol. The third-order valence-electron chi connectivity index (χ3n) is 3.99. The van der Waals surface area contributed by atoms with E-state index in [1.807, 2.05) is 0 Å². The highest BCUT2D eigenvalue weighted by molar-refractivity contribution is 5.41. The fraction of sp³-hybridized carbons (Fsp3) is 0.533. The third-order valence-corrected chi connectivity index (χ3v) is 3.99. The standard InChI is InChI=1S/C15H22N4/c1-12-3-4-15-17-13(11-19(15)9-12)10-18(2)14-5-7-16-8-6-14/h3-4,9,11,14,16H,5-8,10H2,1-2H3. The number of aryl methyl sites for hydroxylation is 1. The Hall–Kier alpha value is -1.39. The molecule has 0 amide bonds. The lowest BCUT2D eigenvalue weighted by molar-refractivity contribution is 0.190. The molecule has 3 rings (SSSR count). The van der Waals surface area contributed by atoms with Crippen LogP contribution in [0, 0.1) is 6.92 Å². The molecule has 0 aromatic carbocycles. The summed E-state index contributed by atoms with van der Waals surface area (Å²) < 4.78 is 2.13. The van der Waals surface area contributed by atoms with Crippen molar-refractivity contribution in [3.8, 4) is 0 Å². The highest BCUT2D eigenvalue weighted by atomic mass is 15.2. The molecule has 0 atom stereocenters. The number of pyridine rings is 1. The first-order chi connectivity index (χ1) is 9.22. The van der Waals surface area contributed by atoms with Gasteiger partial charge in [0.2, 0.25) is 0 Å². The number of hydrogen-bond donors (Lipinski definition) is 1. The molecule has 19 heavy (non-hydrogen) atoms. The van der Waals surface area contributed by atoms with Crippen LogP contribution >= 0.6 is 0 Å². The molecular formula is C15H22N4. The van der Waals surface area contributed by atoms with Gasteiger partial charge in [-0.1, -0.05) is 6.07 Å². The van der Waals surface area contributed by atoms with E-state index in [9.17, 15) is 0 Å². The molecule has 0 saturated carbocycles. The Balaban J connectivity index is 1.73. The Morgan fingerprint density at radius 1 is 1.32 bits per heavy atom. The summed E-state index contributed by atoms with van der Waals surface area (Å²) in [6.07, 6.45) is 6.77. The molecule has 1 N–H and O–H groups in total. The second-order valence-corrected chi connectivity index (χ2v) is 5.60. The van der Waals surface area contributed by atoms with Crippen molar-refractivity contribution in [3.63, 3.8) is 0 Å². The molecule has 1 aliphatic rings. The van der Waals surface area contributed by atoms with Crippen molar-refractivity contribution in [1.82, 2.24) is 19.6 Å². The van der Waals surface area contributed by atoms with E-state index in [-0.39, 0.29) is 0 Å². The zero-order valence-electron chi connectivity index (χ0n) is 11.8. The largest absolute Gasteiger partial charge is 0.317 e. The summed E-state index contributed by atoms with van der Waals surface area (Å²) in [6.45, 7) is 5.32. The van der Waals surface area contributed by atoms with E-state index < -0.39 is 0 Å². The highest BCUT2D eigenvalue weighted by Crippen LogP contribution is 2.14. The van der Waals surface area contributed by atoms with E-state index in [4.69, 9.17) is 4.98 Å². The zero-order chi connectivity index (χ0) is 13.2. The molecule has 0 unspecified atom stereocenters. The van der Waals surface area contributed by atoms with Crippen molar-refractivity contribution in [2.45, 2.75) is 32.4 Å². The van der Waals surface area contributed by atoms with Gasteiger partial charge in [0, 0.05) is 25.0 Å². The maximum atomic E-state index is 4.69. The van der Waals surface area contributed by atoms with Crippen LogP contribution in [-0.2, 0) is 6.54 Å². The molecule has 0 bridgehead atoms. The van der Waals surface area contributed by atoms with E-state index in [0.717, 1.165) is 31.0 Å². The molecular weight excluding hydrogens is 236 g/mol. The minimum Gasteiger partial charge on any atom is -0.317 e. The van der Waals surface area contributed by atoms with Crippen LogP contribution in [0.5, 0.6) is 0 Å². The van der Waals surface area contributed by atoms with Crippen LogP contribution in [0.2, 0.25) is 0 Å². The van der Waals surface area contributed by atoms with E-state index >= 15 is 0 Å². The summed E-state index contributed by atoms with van der Waals surface area (Å²) >= 11 is 0. The molecule has 1 saturated heterocycles. The van der Waals surface area contributed by atoms with Crippen LogP contribution in [0.25, 0.3) is 5.65 Å². The zero-order valence-corrected chi connectivity index (χ0v) is 11.8. The normalized spacial score (nSPS) is 17.4. The summed E-state index contributed by atoms with van der Waals surface area (Å²) in [5.74, 6) is 0. The first-order valence-electron chi connectivity index (χ1n) is 7.07. The average molecular weight is 258 g/mol. The van der Waals surface area contributed by atoms with Gasteiger partial charge in [-0.25, -0.2) is 4.98 Å². The molecule has 2 aromatic heterocycles. The van der Waals surface area contributed by atoms with E-state index in [1.54, 1.807) is 0 Å². The van der Waals surface area contributed by atoms with Gasteiger partial charge < -0.3 is 9.72 Å². The Labute approximate surface area is 114 Å². The first kappa shape index (κ1) is 12.6. The molecule has 2 aromatic rings. The van der Waals surface area contributed by atoms with Crippen molar-refractivity contribution in [2.24, 2.45) is 0 Å². The molecule has 102 valence electrons. The van der Waals surface area contributed by atoms with Gasteiger partial charge in [-0.05, 0) is 51.5 Å². The Morgan fingerprint density at radius 3 is 2.89 bits per heavy atom. The van der Waals surface area contributed by atoms with Crippen molar-refractivity contribution in [1.29, 1.82) is 0 Å². The van der Waals surface area contributed by atoms with Gasteiger partial charge in [-0.2, -0.15) is 0 Å². The second kappa shape index (κ2) is 5.31. The number of piperidine rings is 1. The second-order valence-electron chi connectivity index (χ2n) is 5.60. The van der Waals surface area contributed by atoms with Gasteiger partial charge in [-0.15, -0.1) is 0 Å². The molecule has 0 radical (unpaired) electrons. The molecule has 1 fully saturated rings. The smallest absolute Gasteiger partial charge is 0.137 e. The monoisotopic (exact) mass is 258 g/mol. The maximum absolute atomic E-state index is 4.69. The van der Waals surface area contributed by atoms with Gasteiger partial charge in [-0.3, -0.25) is 4.90 Å².